The molecular formula is C28H23ClF3NO3. The predicted octanol–water partition coefficient (Wildman–Crippen LogP) is 6.89. The summed E-state index contributed by atoms with van der Waals surface area (Å²) in [5.41, 5.74) is 1.84. The van der Waals surface area contributed by atoms with E-state index in [2.05, 4.69) is 0 Å². The average Bonchev–Trinajstić information content (AvgIpc) is 2.85. The van der Waals surface area contributed by atoms with Crippen molar-refractivity contribution in [2.75, 3.05) is 0 Å². The Morgan fingerprint density at radius 1 is 1.00 bits per heavy atom. The molecule has 3 aromatic rings. The Morgan fingerprint density at radius 3 is 2.31 bits per heavy atom. The van der Waals surface area contributed by atoms with Gasteiger partial charge in [0.2, 0.25) is 5.91 Å². The summed E-state index contributed by atoms with van der Waals surface area (Å²) in [6.07, 6.45) is -4.57. The molecule has 0 saturated heterocycles. The van der Waals surface area contributed by atoms with E-state index in [4.69, 9.17) is 16.3 Å². The Balaban J connectivity index is 1.69. The zero-order valence-electron chi connectivity index (χ0n) is 19.4. The van der Waals surface area contributed by atoms with Gasteiger partial charge in [-0.25, -0.2) is 4.79 Å². The Hall–Kier alpha value is -3.58. The van der Waals surface area contributed by atoms with Gasteiger partial charge in [0.05, 0.1) is 17.7 Å². The van der Waals surface area contributed by atoms with E-state index in [0.29, 0.717) is 16.3 Å². The van der Waals surface area contributed by atoms with Gasteiger partial charge in [0.25, 0.3) is 0 Å². The van der Waals surface area contributed by atoms with Gasteiger partial charge in [-0.3, -0.25) is 4.79 Å². The number of alkyl halides is 3. The first-order valence-electron chi connectivity index (χ1n) is 11.3. The van der Waals surface area contributed by atoms with Crippen molar-refractivity contribution in [3.05, 3.63) is 117 Å². The third kappa shape index (κ3) is 5.79. The molecule has 186 valence electrons. The van der Waals surface area contributed by atoms with Crippen LogP contribution in [0.1, 0.15) is 41.5 Å². The van der Waals surface area contributed by atoms with E-state index in [1.165, 1.54) is 17.0 Å². The maximum atomic E-state index is 13.3. The van der Waals surface area contributed by atoms with E-state index in [9.17, 15) is 22.8 Å². The Kier molecular flexibility index (Phi) is 7.50. The summed E-state index contributed by atoms with van der Waals surface area (Å²) in [7, 11) is 0. The summed E-state index contributed by atoms with van der Waals surface area (Å²) in [6, 6.07) is 20.7. The molecule has 0 spiro atoms. The molecule has 4 nitrogen and oxygen atoms in total. The minimum absolute atomic E-state index is 0.0262. The van der Waals surface area contributed by atoms with Crippen LogP contribution in [0.25, 0.3) is 0 Å². The molecule has 0 aliphatic carbocycles. The van der Waals surface area contributed by atoms with E-state index >= 15 is 0 Å². The number of hydrogen-bond acceptors (Lipinski definition) is 3. The number of nitrogens with zero attached hydrogens (tertiary/aromatic N) is 1. The summed E-state index contributed by atoms with van der Waals surface area (Å²) in [4.78, 5) is 28.0. The third-order valence-electron chi connectivity index (χ3n) is 6.13. The smallest absolute Gasteiger partial charge is 0.416 e. The molecule has 1 aliphatic heterocycles. The molecule has 1 heterocycles. The van der Waals surface area contributed by atoms with Crippen LogP contribution in [-0.4, -0.2) is 16.8 Å². The van der Waals surface area contributed by atoms with Gasteiger partial charge >= 0.3 is 12.1 Å². The van der Waals surface area contributed by atoms with Crippen molar-refractivity contribution in [3.63, 3.8) is 0 Å². The van der Waals surface area contributed by atoms with Crippen LogP contribution in [0.5, 0.6) is 0 Å². The summed E-state index contributed by atoms with van der Waals surface area (Å²) in [6.45, 7) is 1.87. The molecule has 8 heteroatoms. The maximum Gasteiger partial charge on any atom is 0.416 e. The molecule has 0 radical (unpaired) electrons. The lowest BCUT2D eigenvalue weighted by Crippen LogP contribution is -2.38. The fourth-order valence-corrected chi connectivity index (χ4v) is 4.49. The fraction of sp³-hybridized carbons (Fsp3) is 0.214. The maximum absolute atomic E-state index is 13.3. The predicted molar refractivity (Wildman–Crippen MR) is 130 cm³/mol. The molecule has 1 amide bonds. The van der Waals surface area contributed by atoms with Crippen LogP contribution in [-0.2, 0) is 33.7 Å². The van der Waals surface area contributed by atoms with Crippen molar-refractivity contribution >= 4 is 23.5 Å². The van der Waals surface area contributed by atoms with Crippen LogP contribution in [0.2, 0.25) is 5.02 Å². The van der Waals surface area contributed by atoms with Crippen molar-refractivity contribution in [3.8, 4) is 0 Å². The summed E-state index contributed by atoms with van der Waals surface area (Å²) in [5.74, 6) is -1.61. The average molecular weight is 514 g/mol. The molecule has 0 fully saturated rings. The van der Waals surface area contributed by atoms with Gasteiger partial charge in [-0.1, -0.05) is 66.2 Å². The lowest BCUT2D eigenvalue weighted by atomic mass is 9.83. The molecule has 1 aliphatic rings. The van der Waals surface area contributed by atoms with Crippen molar-refractivity contribution in [2.45, 2.75) is 38.6 Å². The number of allylic oxidation sites excluding steroid dienone is 1. The van der Waals surface area contributed by atoms with Crippen molar-refractivity contribution in [2.24, 2.45) is 0 Å². The summed E-state index contributed by atoms with van der Waals surface area (Å²) >= 11 is 6.09. The van der Waals surface area contributed by atoms with E-state index in [1.807, 2.05) is 36.4 Å². The van der Waals surface area contributed by atoms with Gasteiger partial charge in [-0.2, -0.15) is 13.2 Å². The number of halogens is 4. The topological polar surface area (TPSA) is 46.6 Å². The monoisotopic (exact) mass is 513 g/mol. The van der Waals surface area contributed by atoms with Crippen molar-refractivity contribution < 1.29 is 27.5 Å². The molecular weight excluding hydrogens is 491 g/mol. The normalized spacial score (nSPS) is 16.3. The molecule has 0 aromatic heterocycles. The molecule has 4 rings (SSSR count). The van der Waals surface area contributed by atoms with E-state index in [-0.39, 0.29) is 31.1 Å². The number of hydrogen-bond donors (Lipinski definition) is 0. The van der Waals surface area contributed by atoms with Crippen LogP contribution >= 0.6 is 11.6 Å². The van der Waals surface area contributed by atoms with Gasteiger partial charge in [0, 0.05) is 23.1 Å². The lowest BCUT2D eigenvalue weighted by Gasteiger charge is -2.34. The SMILES string of the molecule is CC1=C(C(=O)OCc2ccccc2)C(c2ccc(C(F)(F)F)cc2)CC(=O)N1Cc1cccc(Cl)c1. The summed E-state index contributed by atoms with van der Waals surface area (Å²) in [5, 5.41) is 0.517. The largest absolute Gasteiger partial charge is 0.457 e. The minimum atomic E-state index is -4.49. The molecule has 3 aromatic carbocycles. The third-order valence-corrected chi connectivity index (χ3v) is 6.36. The highest BCUT2D eigenvalue weighted by Gasteiger charge is 2.38. The second-order valence-electron chi connectivity index (χ2n) is 8.55. The molecule has 1 unspecified atom stereocenters. The zero-order valence-corrected chi connectivity index (χ0v) is 20.1. The van der Waals surface area contributed by atoms with Gasteiger partial charge in [-0.05, 0) is 47.9 Å². The van der Waals surface area contributed by atoms with Gasteiger partial charge in [0.1, 0.15) is 6.61 Å². The lowest BCUT2D eigenvalue weighted by molar-refractivity contribution is -0.142. The Labute approximate surface area is 211 Å². The molecule has 36 heavy (non-hydrogen) atoms. The van der Waals surface area contributed by atoms with Gasteiger partial charge in [-0.15, -0.1) is 0 Å². The zero-order chi connectivity index (χ0) is 25.9. The van der Waals surface area contributed by atoms with Crippen LogP contribution in [0.4, 0.5) is 13.2 Å². The number of ether oxygens (including phenoxy) is 1. The highest BCUT2D eigenvalue weighted by Crippen LogP contribution is 2.39. The number of carbonyl (C=O) groups excluding carboxylic acids is 2. The van der Waals surface area contributed by atoms with Gasteiger partial charge in [0.15, 0.2) is 0 Å². The molecule has 0 saturated carbocycles. The van der Waals surface area contributed by atoms with E-state index < -0.39 is 23.6 Å². The molecule has 1 atom stereocenters. The molecule has 0 bridgehead atoms. The quantitative estimate of drug-likeness (QED) is 0.337. The first kappa shape index (κ1) is 25.5. The second-order valence-corrected chi connectivity index (χ2v) is 8.98. The Morgan fingerprint density at radius 2 is 1.67 bits per heavy atom. The van der Waals surface area contributed by atoms with Crippen LogP contribution in [0, 0.1) is 0 Å². The molecule has 0 N–H and O–H groups in total. The van der Waals surface area contributed by atoms with Crippen LogP contribution < -0.4 is 0 Å². The highest BCUT2D eigenvalue weighted by atomic mass is 35.5. The Bertz CT molecular complexity index is 1290. The minimum Gasteiger partial charge on any atom is -0.457 e. The van der Waals surface area contributed by atoms with Crippen molar-refractivity contribution in [1.29, 1.82) is 0 Å². The van der Waals surface area contributed by atoms with Gasteiger partial charge < -0.3 is 9.64 Å². The van der Waals surface area contributed by atoms with Crippen LogP contribution in [0.3, 0.4) is 0 Å². The second kappa shape index (κ2) is 10.6. The van der Waals surface area contributed by atoms with E-state index in [1.54, 1.807) is 25.1 Å². The number of carbonyl (C=O) groups is 2. The van der Waals surface area contributed by atoms with Crippen molar-refractivity contribution in [1.82, 2.24) is 4.90 Å². The highest BCUT2D eigenvalue weighted by molar-refractivity contribution is 6.30. The van der Waals surface area contributed by atoms with Crippen LogP contribution in [0.15, 0.2) is 90.1 Å². The number of benzene rings is 3. The van der Waals surface area contributed by atoms with E-state index in [0.717, 1.165) is 23.3 Å². The first-order chi connectivity index (χ1) is 17.1. The number of esters is 1. The number of amides is 1. The summed E-state index contributed by atoms with van der Waals surface area (Å²) < 4.78 is 44.8. The fourth-order valence-electron chi connectivity index (χ4n) is 4.28. The first-order valence-corrected chi connectivity index (χ1v) is 11.6. The standard InChI is InChI=1S/C28H23ClF3NO3/c1-18-26(27(35)36-17-19-6-3-2-4-7-19)24(21-10-12-22(13-11-21)28(30,31)32)15-25(34)33(18)16-20-8-5-9-23(29)14-20/h2-14,24H,15-17H2,1H3. The number of rotatable bonds is 6.